The van der Waals surface area contributed by atoms with Gasteiger partial charge in [0.25, 0.3) is 0 Å². The second kappa shape index (κ2) is 4.19. The minimum atomic E-state index is -0.228. The fraction of sp³-hybridized carbons (Fsp3) is 0.400. The molecule has 1 fully saturated rings. The van der Waals surface area contributed by atoms with E-state index >= 15 is 0 Å². The van der Waals surface area contributed by atoms with E-state index in [0.29, 0.717) is 5.92 Å². The molecule has 3 heteroatoms. The van der Waals surface area contributed by atoms with Crippen molar-refractivity contribution in [1.29, 1.82) is 0 Å². The maximum Gasteiger partial charge on any atom is 0.0818 e. The third-order valence-corrected chi connectivity index (χ3v) is 4.36. The smallest absolute Gasteiger partial charge is 0.0818 e. The van der Waals surface area contributed by atoms with E-state index in [1.807, 2.05) is 12.1 Å². The molecule has 0 saturated heterocycles. The second-order valence-electron chi connectivity index (χ2n) is 3.43. The number of halogens is 1. The molecule has 1 N–H and O–H groups in total. The lowest BCUT2D eigenvalue weighted by Crippen LogP contribution is -1.98. The molecule has 0 aromatic heterocycles. The Morgan fingerprint density at radius 1 is 1.31 bits per heavy atom. The van der Waals surface area contributed by atoms with Crippen LogP contribution in [0.25, 0.3) is 0 Å². The zero-order chi connectivity index (χ0) is 9.26. The van der Waals surface area contributed by atoms with Crippen LogP contribution in [0.15, 0.2) is 29.2 Å². The van der Waals surface area contributed by atoms with Gasteiger partial charge in [-0.15, -0.1) is 0 Å². The standard InChI is InChI=1S/C10H11IOS/c11-13-9-5-3-8(4-6-9)10(12)7-1-2-7/h3-7,10,12H,1-2H2. The van der Waals surface area contributed by atoms with Gasteiger partial charge < -0.3 is 5.11 Å². The lowest BCUT2D eigenvalue weighted by Gasteiger charge is -2.09. The van der Waals surface area contributed by atoms with Gasteiger partial charge in [-0.25, -0.2) is 0 Å². The van der Waals surface area contributed by atoms with E-state index in [0.717, 1.165) is 5.56 Å². The number of aliphatic hydroxyl groups excluding tert-OH is 1. The molecule has 0 aliphatic heterocycles. The van der Waals surface area contributed by atoms with E-state index in [1.165, 1.54) is 17.7 Å². The van der Waals surface area contributed by atoms with Gasteiger partial charge in [0.05, 0.1) is 6.10 Å². The average molecular weight is 306 g/mol. The molecule has 0 heterocycles. The van der Waals surface area contributed by atoms with Gasteiger partial charge in [0.2, 0.25) is 0 Å². The molecule has 1 saturated carbocycles. The molecule has 70 valence electrons. The van der Waals surface area contributed by atoms with Gasteiger partial charge in [0.15, 0.2) is 0 Å². The van der Waals surface area contributed by atoms with Crippen molar-refractivity contribution in [2.45, 2.75) is 23.8 Å². The minimum Gasteiger partial charge on any atom is -0.388 e. The van der Waals surface area contributed by atoms with Crippen LogP contribution in [0.1, 0.15) is 24.5 Å². The molecule has 1 aliphatic rings. The third-order valence-electron chi connectivity index (χ3n) is 2.38. The van der Waals surface area contributed by atoms with Crippen molar-refractivity contribution in [3.05, 3.63) is 29.8 Å². The van der Waals surface area contributed by atoms with E-state index in [1.54, 1.807) is 8.93 Å². The molecule has 2 rings (SSSR count). The highest BCUT2D eigenvalue weighted by Gasteiger charge is 2.30. The molecule has 0 amide bonds. The van der Waals surface area contributed by atoms with E-state index in [-0.39, 0.29) is 6.10 Å². The highest BCUT2D eigenvalue weighted by atomic mass is 127. The quantitative estimate of drug-likeness (QED) is 0.862. The Balaban J connectivity index is 2.11. The van der Waals surface area contributed by atoms with Crippen LogP contribution in [0, 0.1) is 5.92 Å². The van der Waals surface area contributed by atoms with E-state index in [4.69, 9.17) is 0 Å². The molecular formula is C10H11IOS. The van der Waals surface area contributed by atoms with Crippen LogP contribution >= 0.6 is 30.1 Å². The largest absolute Gasteiger partial charge is 0.388 e. The van der Waals surface area contributed by atoms with Crippen LogP contribution in [0.3, 0.4) is 0 Å². The van der Waals surface area contributed by atoms with E-state index in [2.05, 4.69) is 33.3 Å². The Kier molecular flexibility index (Phi) is 3.16. The first-order chi connectivity index (χ1) is 6.31. The fourth-order valence-electron chi connectivity index (χ4n) is 1.40. The highest BCUT2D eigenvalue weighted by Crippen LogP contribution is 2.41. The van der Waals surface area contributed by atoms with Crippen LogP contribution in [0.2, 0.25) is 0 Å². The number of aliphatic hydroxyl groups is 1. The number of rotatable bonds is 3. The van der Waals surface area contributed by atoms with Crippen molar-refractivity contribution < 1.29 is 5.11 Å². The normalized spacial score (nSPS) is 18.6. The highest BCUT2D eigenvalue weighted by molar-refractivity contribution is 14.2. The van der Waals surface area contributed by atoms with Gasteiger partial charge in [-0.2, -0.15) is 0 Å². The van der Waals surface area contributed by atoms with Crippen LogP contribution in [-0.4, -0.2) is 5.11 Å². The molecular weight excluding hydrogens is 295 g/mol. The van der Waals surface area contributed by atoms with Gasteiger partial charge in [0.1, 0.15) is 0 Å². The number of hydrogen-bond acceptors (Lipinski definition) is 2. The summed E-state index contributed by atoms with van der Waals surface area (Å²) in [7, 11) is 1.70. The summed E-state index contributed by atoms with van der Waals surface area (Å²) in [5.41, 5.74) is 1.07. The Labute approximate surface area is 94.5 Å². The molecule has 1 aliphatic carbocycles. The monoisotopic (exact) mass is 306 g/mol. The van der Waals surface area contributed by atoms with E-state index < -0.39 is 0 Å². The fourth-order valence-corrected chi connectivity index (χ4v) is 2.52. The van der Waals surface area contributed by atoms with Crippen LogP contribution in [-0.2, 0) is 0 Å². The summed E-state index contributed by atoms with van der Waals surface area (Å²) >= 11 is 2.26. The van der Waals surface area contributed by atoms with Gasteiger partial charge in [-0.3, -0.25) is 0 Å². The summed E-state index contributed by atoms with van der Waals surface area (Å²) in [5.74, 6) is 0.526. The maximum absolute atomic E-state index is 9.82. The molecule has 0 radical (unpaired) electrons. The minimum absolute atomic E-state index is 0.228. The molecule has 1 unspecified atom stereocenters. The first kappa shape index (κ1) is 9.80. The predicted octanol–water partition coefficient (Wildman–Crippen LogP) is 3.57. The summed E-state index contributed by atoms with van der Waals surface area (Å²) in [4.78, 5) is 1.24. The van der Waals surface area contributed by atoms with Crippen LogP contribution < -0.4 is 0 Å². The molecule has 0 bridgehead atoms. The maximum atomic E-state index is 9.82. The summed E-state index contributed by atoms with van der Waals surface area (Å²) in [6, 6.07) is 8.20. The topological polar surface area (TPSA) is 20.2 Å². The Morgan fingerprint density at radius 3 is 2.38 bits per heavy atom. The number of hydrogen-bond donors (Lipinski definition) is 1. The summed E-state index contributed by atoms with van der Waals surface area (Å²) in [6.07, 6.45) is 2.14. The van der Waals surface area contributed by atoms with E-state index in [9.17, 15) is 5.11 Å². The molecule has 1 nitrogen and oxygen atoms in total. The summed E-state index contributed by atoms with van der Waals surface area (Å²) in [6.45, 7) is 0. The van der Waals surface area contributed by atoms with Crippen molar-refractivity contribution in [1.82, 2.24) is 0 Å². The van der Waals surface area contributed by atoms with Crippen molar-refractivity contribution in [2.75, 3.05) is 0 Å². The molecule has 13 heavy (non-hydrogen) atoms. The lowest BCUT2D eigenvalue weighted by molar-refractivity contribution is 0.154. The van der Waals surface area contributed by atoms with Crippen molar-refractivity contribution >= 4 is 30.1 Å². The molecule has 1 aromatic rings. The first-order valence-electron chi connectivity index (χ1n) is 4.38. The van der Waals surface area contributed by atoms with Crippen molar-refractivity contribution in [3.63, 3.8) is 0 Å². The third kappa shape index (κ3) is 2.39. The molecule has 0 spiro atoms. The summed E-state index contributed by atoms with van der Waals surface area (Å²) < 4.78 is 0. The average Bonchev–Trinajstić information content (AvgIpc) is 3.00. The van der Waals surface area contributed by atoms with Gasteiger partial charge in [-0.05, 0) is 36.5 Å². The van der Waals surface area contributed by atoms with Crippen molar-refractivity contribution in [2.24, 2.45) is 5.92 Å². The Morgan fingerprint density at radius 2 is 1.92 bits per heavy atom. The van der Waals surface area contributed by atoms with Gasteiger partial charge in [-0.1, -0.05) is 21.1 Å². The predicted molar refractivity (Wildman–Crippen MR) is 64.0 cm³/mol. The number of benzene rings is 1. The first-order valence-corrected chi connectivity index (χ1v) is 7.74. The SMILES string of the molecule is OC(c1ccc(SI)cc1)C1CC1. The molecule has 1 atom stereocenters. The second-order valence-corrected chi connectivity index (χ2v) is 5.38. The van der Waals surface area contributed by atoms with Gasteiger partial charge >= 0.3 is 0 Å². The summed E-state index contributed by atoms with van der Waals surface area (Å²) in [5, 5.41) is 9.82. The zero-order valence-corrected chi connectivity index (χ0v) is 10.1. The van der Waals surface area contributed by atoms with Crippen molar-refractivity contribution in [3.8, 4) is 0 Å². The lowest BCUT2D eigenvalue weighted by atomic mass is 10.1. The Hall–Kier alpha value is 0.260. The zero-order valence-electron chi connectivity index (χ0n) is 7.11. The van der Waals surface area contributed by atoms with Gasteiger partial charge in [0, 0.05) is 26.1 Å². The molecule has 1 aromatic carbocycles. The Bertz CT molecular complexity index is 281. The van der Waals surface area contributed by atoms with Crippen LogP contribution in [0.5, 0.6) is 0 Å². The van der Waals surface area contributed by atoms with Crippen LogP contribution in [0.4, 0.5) is 0 Å².